The average molecular weight is 296 g/mol. The molecule has 0 bridgehead atoms. The Morgan fingerprint density at radius 3 is 2.12 bits per heavy atom. The van der Waals surface area contributed by atoms with E-state index >= 15 is 0 Å². The Labute approximate surface area is 101 Å². The molecule has 0 saturated heterocycles. The van der Waals surface area contributed by atoms with E-state index in [2.05, 4.69) is 15.9 Å². The number of hydrogen-bond donors (Lipinski definition) is 1. The predicted octanol–water partition coefficient (Wildman–Crippen LogP) is 3.62. The van der Waals surface area contributed by atoms with Crippen molar-refractivity contribution in [2.45, 2.75) is 31.5 Å². The van der Waals surface area contributed by atoms with Gasteiger partial charge in [-0.05, 0) is 11.6 Å². The van der Waals surface area contributed by atoms with Crippen LogP contribution in [-0.4, -0.2) is 12.2 Å². The van der Waals surface area contributed by atoms with E-state index in [0.717, 1.165) is 0 Å². The van der Waals surface area contributed by atoms with Gasteiger partial charge in [-0.1, -0.05) is 48.0 Å². The fraction of sp³-hybridized carbons (Fsp3) is 0.455. The fourth-order valence-corrected chi connectivity index (χ4v) is 2.36. The Kier molecular flexibility index (Phi) is 3.69. The monoisotopic (exact) mass is 295 g/mol. The maximum absolute atomic E-state index is 12.6. The lowest BCUT2D eigenvalue weighted by Crippen LogP contribution is -2.51. The van der Waals surface area contributed by atoms with E-state index in [4.69, 9.17) is 5.73 Å². The third kappa shape index (κ3) is 2.58. The molecule has 0 spiro atoms. The molecule has 0 aliphatic rings. The standard InChI is InChI=1S/C11H13BrF3N/c1-10(2,9(16)11(13,14)15)7-5-3-4-6-8(7)12/h3-6,9H,16H2,1-2H3. The molecule has 0 heterocycles. The first-order valence-electron chi connectivity index (χ1n) is 4.74. The van der Waals surface area contributed by atoms with Crippen molar-refractivity contribution >= 4 is 15.9 Å². The molecule has 1 aromatic carbocycles. The molecule has 0 amide bonds. The molecule has 16 heavy (non-hydrogen) atoms. The van der Waals surface area contributed by atoms with Crippen LogP contribution in [0.15, 0.2) is 28.7 Å². The molecule has 0 fully saturated rings. The summed E-state index contributed by atoms with van der Waals surface area (Å²) in [5.74, 6) is 0. The van der Waals surface area contributed by atoms with E-state index in [-0.39, 0.29) is 0 Å². The molecule has 1 rings (SSSR count). The zero-order valence-corrected chi connectivity index (χ0v) is 10.6. The molecule has 1 nitrogen and oxygen atoms in total. The highest BCUT2D eigenvalue weighted by molar-refractivity contribution is 9.10. The highest BCUT2D eigenvalue weighted by Gasteiger charge is 2.47. The fourth-order valence-electron chi connectivity index (χ4n) is 1.56. The molecule has 1 atom stereocenters. The van der Waals surface area contributed by atoms with E-state index in [0.29, 0.717) is 10.0 Å². The molecular formula is C11H13BrF3N. The summed E-state index contributed by atoms with van der Waals surface area (Å²) in [7, 11) is 0. The summed E-state index contributed by atoms with van der Waals surface area (Å²) in [5.41, 5.74) is 4.67. The smallest absolute Gasteiger partial charge is 0.319 e. The van der Waals surface area contributed by atoms with Crippen molar-refractivity contribution in [3.63, 3.8) is 0 Å². The minimum absolute atomic E-state index is 0.555. The van der Waals surface area contributed by atoms with Crippen LogP contribution in [-0.2, 0) is 5.41 Å². The minimum atomic E-state index is -4.40. The van der Waals surface area contributed by atoms with Crippen LogP contribution in [0.25, 0.3) is 0 Å². The first-order chi connectivity index (χ1) is 7.17. The lowest BCUT2D eigenvalue weighted by atomic mass is 9.78. The second-order valence-corrected chi connectivity index (χ2v) is 5.08. The number of rotatable bonds is 2. The Bertz CT molecular complexity index is 374. The largest absolute Gasteiger partial charge is 0.404 e. The van der Waals surface area contributed by atoms with Crippen LogP contribution in [0.2, 0.25) is 0 Å². The molecule has 90 valence electrons. The van der Waals surface area contributed by atoms with Crippen molar-refractivity contribution in [2.75, 3.05) is 0 Å². The number of alkyl halides is 3. The second kappa shape index (κ2) is 4.37. The van der Waals surface area contributed by atoms with Crippen molar-refractivity contribution in [1.82, 2.24) is 0 Å². The maximum Gasteiger partial charge on any atom is 0.404 e. The summed E-state index contributed by atoms with van der Waals surface area (Å²) in [4.78, 5) is 0. The van der Waals surface area contributed by atoms with E-state index < -0.39 is 17.6 Å². The third-order valence-electron chi connectivity index (χ3n) is 2.70. The lowest BCUT2D eigenvalue weighted by Gasteiger charge is -2.34. The van der Waals surface area contributed by atoms with Gasteiger partial charge in [0.05, 0.1) is 0 Å². The van der Waals surface area contributed by atoms with E-state index in [9.17, 15) is 13.2 Å². The zero-order chi connectivity index (χ0) is 12.6. The average Bonchev–Trinajstić information content (AvgIpc) is 2.15. The van der Waals surface area contributed by atoms with Gasteiger partial charge < -0.3 is 5.73 Å². The first kappa shape index (κ1) is 13.5. The molecule has 0 aromatic heterocycles. The molecule has 2 N–H and O–H groups in total. The SMILES string of the molecule is CC(C)(c1ccccc1Br)C(N)C(F)(F)F. The normalized spacial score (nSPS) is 14.9. The third-order valence-corrected chi connectivity index (χ3v) is 3.39. The highest BCUT2D eigenvalue weighted by Crippen LogP contribution is 2.38. The van der Waals surface area contributed by atoms with Crippen molar-refractivity contribution in [1.29, 1.82) is 0 Å². The van der Waals surface area contributed by atoms with Crippen LogP contribution in [0.3, 0.4) is 0 Å². The number of benzene rings is 1. The Morgan fingerprint density at radius 1 is 1.19 bits per heavy atom. The van der Waals surface area contributed by atoms with Gasteiger partial charge in [-0.2, -0.15) is 13.2 Å². The number of hydrogen-bond acceptors (Lipinski definition) is 1. The zero-order valence-electron chi connectivity index (χ0n) is 8.98. The lowest BCUT2D eigenvalue weighted by molar-refractivity contribution is -0.160. The van der Waals surface area contributed by atoms with Gasteiger partial charge in [0.25, 0.3) is 0 Å². The number of halogens is 4. The van der Waals surface area contributed by atoms with Crippen molar-refractivity contribution in [3.05, 3.63) is 34.3 Å². The highest BCUT2D eigenvalue weighted by atomic mass is 79.9. The van der Waals surface area contributed by atoms with Crippen molar-refractivity contribution < 1.29 is 13.2 Å². The Morgan fingerprint density at radius 2 is 1.69 bits per heavy atom. The molecule has 0 aliphatic carbocycles. The number of nitrogens with two attached hydrogens (primary N) is 1. The molecular weight excluding hydrogens is 283 g/mol. The molecule has 1 unspecified atom stereocenters. The van der Waals surface area contributed by atoms with Crippen LogP contribution in [0.4, 0.5) is 13.2 Å². The molecule has 1 aromatic rings. The Balaban J connectivity index is 3.17. The molecule has 0 aliphatic heterocycles. The summed E-state index contributed by atoms with van der Waals surface area (Å²) >= 11 is 3.24. The summed E-state index contributed by atoms with van der Waals surface area (Å²) in [6.07, 6.45) is -4.40. The van der Waals surface area contributed by atoms with E-state index in [1.807, 2.05) is 0 Å². The topological polar surface area (TPSA) is 26.0 Å². The van der Waals surface area contributed by atoms with Crippen LogP contribution < -0.4 is 5.73 Å². The molecule has 5 heteroatoms. The van der Waals surface area contributed by atoms with Crippen LogP contribution in [0.1, 0.15) is 19.4 Å². The van der Waals surface area contributed by atoms with Crippen LogP contribution in [0.5, 0.6) is 0 Å². The Hall–Kier alpha value is -0.550. The van der Waals surface area contributed by atoms with Gasteiger partial charge in [0.1, 0.15) is 6.04 Å². The van der Waals surface area contributed by atoms with Gasteiger partial charge in [-0.3, -0.25) is 0 Å². The van der Waals surface area contributed by atoms with Gasteiger partial charge in [-0.25, -0.2) is 0 Å². The minimum Gasteiger partial charge on any atom is -0.319 e. The predicted molar refractivity (Wildman–Crippen MR) is 61.2 cm³/mol. The van der Waals surface area contributed by atoms with E-state index in [1.54, 1.807) is 24.3 Å². The summed E-state index contributed by atoms with van der Waals surface area (Å²) in [6, 6.07) is 4.92. The van der Waals surface area contributed by atoms with Crippen LogP contribution in [0, 0.1) is 0 Å². The van der Waals surface area contributed by atoms with Gasteiger partial charge in [0.2, 0.25) is 0 Å². The summed E-state index contributed by atoms with van der Waals surface area (Å²) in [5, 5.41) is 0. The maximum atomic E-state index is 12.6. The van der Waals surface area contributed by atoms with Crippen molar-refractivity contribution in [2.24, 2.45) is 5.73 Å². The van der Waals surface area contributed by atoms with Crippen LogP contribution >= 0.6 is 15.9 Å². The second-order valence-electron chi connectivity index (χ2n) is 4.22. The summed E-state index contributed by atoms with van der Waals surface area (Å²) in [6.45, 7) is 2.98. The first-order valence-corrected chi connectivity index (χ1v) is 5.54. The molecule has 0 radical (unpaired) electrons. The van der Waals surface area contributed by atoms with Gasteiger partial charge in [0, 0.05) is 9.89 Å². The van der Waals surface area contributed by atoms with Gasteiger partial charge >= 0.3 is 6.18 Å². The molecule has 0 saturated carbocycles. The quantitative estimate of drug-likeness (QED) is 0.886. The van der Waals surface area contributed by atoms with Crippen molar-refractivity contribution in [3.8, 4) is 0 Å². The van der Waals surface area contributed by atoms with Gasteiger partial charge in [0.15, 0.2) is 0 Å². The van der Waals surface area contributed by atoms with E-state index in [1.165, 1.54) is 13.8 Å². The van der Waals surface area contributed by atoms with Gasteiger partial charge in [-0.15, -0.1) is 0 Å². The summed E-state index contributed by atoms with van der Waals surface area (Å²) < 4.78 is 38.5.